The molecule has 0 unspecified atom stereocenters. The average Bonchev–Trinajstić information content (AvgIpc) is 2.74. The highest BCUT2D eigenvalue weighted by molar-refractivity contribution is 5.58. The minimum Gasteiger partial charge on any atom is -0.494 e. The van der Waals surface area contributed by atoms with Crippen molar-refractivity contribution in [2.75, 3.05) is 18.1 Å². The highest BCUT2D eigenvalue weighted by Gasteiger charge is 2.36. The van der Waals surface area contributed by atoms with Crippen LogP contribution in [0.4, 0.5) is 24.8 Å². The Balaban J connectivity index is 1.91. The lowest BCUT2D eigenvalue weighted by Gasteiger charge is -2.22. The summed E-state index contributed by atoms with van der Waals surface area (Å²) in [5.41, 5.74) is 0.462. The third kappa shape index (κ3) is 5.20. The molecule has 3 rings (SSSR count). The van der Waals surface area contributed by atoms with E-state index in [-0.39, 0.29) is 12.6 Å². The number of hydrogen-bond acceptors (Lipinski definition) is 5. The fourth-order valence-electron chi connectivity index (χ4n) is 2.85. The highest BCUT2D eigenvalue weighted by Crippen LogP contribution is 2.36. The van der Waals surface area contributed by atoms with Gasteiger partial charge in [0.1, 0.15) is 17.9 Å². The van der Waals surface area contributed by atoms with E-state index < -0.39 is 17.6 Å². The summed E-state index contributed by atoms with van der Waals surface area (Å²) in [6.45, 7) is 4.72. The van der Waals surface area contributed by atoms with Gasteiger partial charge in [-0.05, 0) is 43.7 Å². The van der Waals surface area contributed by atoms with Gasteiger partial charge in [-0.1, -0.05) is 30.3 Å². The summed E-state index contributed by atoms with van der Waals surface area (Å²) in [5, 5.41) is 0. The van der Waals surface area contributed by atoms with Crippen molar-refractivity contribution in [1.82, 2.24) is 9.97 Å². The van der Waals surface area contributed by atoms with E-state index in [4.69, 9.17) is 9.47 Å². The lowest BCUT2D eigenvalue weighted by atomic mass is 10.2. The van der Waals surface area contributed by atoms with Crippen LogP contribution in [0, 0.1) is 0 Å². The maximum absolute atomic E-state index is 13.4. The van der Waals surface area contributed by atoms with Crippen LogP contribution in [0.3, 0.4) is 0 Å². The molecule has 0 aliphatic rings. The van der Waals surface area contributed by atoms with Gasteiger partial charge in [-0.15, -0.1) is 0 Å². The van der Waals surface area contributed by atoms with E-state index in [1.807, 2.05) is 19.9 Å². The Hall–Kier alpha value is -3.29. The summed E-state index contributed by atoms with van der Waals surface area (Å²) in [4.78, 5) is 9.75. The van der Waals surface area contributed by atoms with Crippen molar-refractivity contribution in [1.29, 1.82) is 0 Å². The van der Waals surface area contributed by atoms with Crippen molar-refractivity contribution >= 4 is 11.6 Å². The number of nitrogens with zero attached hydrogens (tertiary/aromatic N) is 3. The maximum Gasteiger partial charge on any atom is 0.423 e. The summed E-state index contributed by atoms with van der Waals surface area (Å²) in [5.74, 6) is 0.330. The zero-order valence-corrected chi connectivity index (χ0v) is 16.7. The molecule has 158 valence electrons. The van der Waals surface area contributed by atoms with E-state index in [2.05, 4.69) is 9.97 Å². The predicted molar refractivity (Wildman–Crippen MR) is 108 cm³/mol. The Kier molecular flexibility index (Phi) is 6.76. The smallest absolute Gasteiger partial charge is 0.423 e. The van der Waals surface area contributed by atoms with Crippen LogP contribution in [-0.4, -0.2) is 23.1 Å². The molecule has 0 saturated carbocycles. The minimum atomic E-state index is -4.62. The van der Waals surface area contributed by atoms with Gasteiger partial charge in [0, 0.05) is 18.4 Å². The molecule has 0 atom stereocenters. The molecule has 0 amide bonds. The van der Waals surface area contributed by atoms with E-state index in [0.29, 0.717) is 18.9 Å². The fourth-order valence-corrected chi connectivity index (χ4v) is 2.85. The Labute approximate surface area is 173 Å². The van der Waals surface area contributed by atoms with Crippen LogP contribution in [0.2, 0.25) is 0 Å². The van der Waals surface area contributed by atoms with E-state index in [1.165, 1.54) is 0 Å². The summed E-state index contributed by atoms with van der Waals surface area (Å²) >= 11 is 0. The maximum atomic E-state index is 13.4. The predicted octanol–water partition coefficient (Wildman–Crippen LogP) is 5.63. The minimum absolute atomic E-state index is 0.0322. The number of anilines is 2. The summed E-state index contributed by atoms with van der Waals surface area (Å²) in [6, 6.07) is 16.1. The number of rotatable bonds is 8. The number of benzene rings is 2. The molecule has 0 aliphatic carbocycles. The zero-order valence-electron chi connectivity index (χ0n) is 16.7. The summed E-state index contributed by atoms with van der Waals surface area (Å²) < 4.78 is 51.2. The third-order valence-corrected chi connectivity index (χ3v) is 4.28. The molecule has 1 heterocycles. The highest BCUT2D eigenvalue weighted by atomic mass is 19.4. The van der Waals surface area contributed by atoms with Crippen LogP contribution in [0.25, 0.3) is 0 Å². The van der Waals surface area contributed by atoms with Crippen LogP contribution < -0.4 is 14.4 Å². The van der Waals surface area contributed by atoms with Crippen molar-refractivity contribution in [3.63, 3.8) is 0 Å². The standard InChI is InChI=1S/C22H22F3N3O2/c1-3-28(17-10-12-18(13-11-17)29-4-2)21-26-14-19(22(23,24)25)20(27-21)30-15-16-8-6-5-7-9-16/h5-14H,3-4,15H2,1-2H3. The van der Waals surface area contributed by atoms with Gasteiger partial charge in [0.2, 0.25) is 11.8 Å². The average molecular weight is 417 g/mol. The van der Waals surface area contributed by atoms with Crippen molar-refractivity contribution in [2.45, 2.75) is 26.6 Å². The molecule has 0 spiro atoms. The SMILES string of the molecule is CCOc1ccc(N(CC)c2ncc(C(F)(F)F)c(OCc3ccccc3)n2)cc1. The molecule has 0 saturated heterocycles. The number of alkyl halides is 3. The van der Waals surface area contributed by atoms with Crippen LogP contribution in [0.1, 0.15) is 25.0 Å². The number of hydrogen-bond donors (Lipinski definition) is 0. The van der Waals surface area contributed by atoms with E-state index in [0.717, 1.165) is 17.4 Å². The molecule has 5 nitrogen and oxygen atoms in total. The Bertz CT molecular complexity index is 948. The van der Waals surface area contributed by atoms with Gasteiger partial charge < -0.3 is 14.4 Å². The Morgan fingerprint density at radius 3 is 2.23 bits per heavy atom. The second kappa shape index (κ2) is 9.47. The lowest BCUT2D eigenvalue weighted by Crippen LogP contribution is -2.20. The first kappa shape index (κ1) is 21.4. The first-order chi connectivity index (χ1) is 14.4. The number of ether oxygens (including phenoxy) is 2. The van der Waals surface area contributed by atoms with Gasteiger partial charge in [0.05, 0.1) is 6.61 Å². The normalized spacial score (nSPS) is 11.2. The molecule has 3 aromatic rings. The van der Waals surface area contributed by atoms with E-state index in [1.54, 1.807) is 53.4 Å². The van der Waals surface area contributed by atoms with Crippen LogP contribution >= 0.6 is 0 Å². The molecule has 1 aromatic heterocycles. The van der Waals surface area contributed by atoms with Crippen molar-refractivity contribution < 1.29 is 22.6 Å². The lowest BCUT2D eigenvalue weighted by molar-refractivity contribution is -0.139. The summed E-state index contributed by atoms with van der Waals surface area (Å²) in [7, 11) is 0. The Morgan fingerprint density at radius 2 is 1.63 bits per heavy atom. The third-order valence-electron chi connectivity index (χ3n) is 4.28. The van der Waals surface area contributed by atoms with Crippen molar-refractivity contribution in [2.24, 2.45) is 0 Å². The molecule has 2 aromatic carbocycles. The first-order valence-corrected chi connectivity index (χ1v) is 9.53. The second-order valence-corrected chi connectivity index (χ2v) is 6.33. The van der Waals surface area contributed by atoms with Crippen LogP contribution in [0.15, 0.2) is 60.8 Å². The number of halogens is 3. The monoisotopic (exact) mass is 417 g/mol. The summed E-state index contributed by atoms with van der Waals surface area (Å²) in [6.07, 6.45) is -3.86. The van der Waals surface area contributed by atoms with Crippen molar-refractivity contribution in [3.8, 4) is 11.6 Å². The van der Waals surface area contributed by atoms with E-state index >= 15 is 0 Å². The molecule has 30 heavy (non-hydrogen) atoms. The van der Waals surface area contributed by atoms with E-state index in [9.17, 15) is 13.2 Å². The zero-order chi connectivity index (χ0) is 21.6. The second-order valence-electron chi connectivity index (χ2n) is 6.33. The quantitative estimate of drug-likeness (QED) is 0.475. The van der Waals surface area contributed by atoms with Crippen molar-refractivity contribution in [3.05, 3.63) is 71.9 Å². The van der Waals surface area contributed by atoms with Gasteiger partial charge in [-0.2, -0.15) is 18.2 Å². The fraction of sp³-hybridized carbons (Fsp3) is 0.273. The first-order valence-electron chi connectivity index (χ1n) is 9.53. The van der Waals surface area contributed by atoms with Gasteiger partial charge in [0.15, 0.2) is 0 Å². The van der Waals surface area contributed by atoms with Gasteiger partial charge in [0.25, 0.3) is 0 Å². The molecule has 0 bridgehead atoms. The Morgan fingerprint density at radius 1 is 0.933 bits per heavy atom. The molecule has 0 aliphatic heterocycles. The molecule has 0 N–H and O–H groups in total. The van der Waals surface area contributed by atoms with Gasteiger partial charge in [-0.3, -0.25) is 0 Å². The van der Waals surface area contributed by atoms with Crippen LogP contribution in [0.5, 0.6) is 11.6 Å². The molecular formula is C22H22F3N3O2. The van der Waals surface area contributed by atoms with Crippen LogP contribution in [-0.2, 0) is 12.8 Å². The molecule has 8 heteroatoms. The number of aromatic nitrogens is 2. The van der Waals surface area contributed by atoms with Gasteiger partial charge >= 0.3 is 6.18 Å². The molecule has 0 radical (unpaired) electrons. The topological polar surface area (TPSA) is 47.5 Å². The molecule has 0 fully saturated rings. The largest absolute Gasteiger partial charge is 0.494 e. The van der Waals surface area contributed by atoms with Gasteiger partial charge in [-0.25, -0.2) is 4.98 Å². The molecular weight excluding hydrogens is 395 g/mol.